The quantitative estimate of drug-likeness (QED) is 0.504. The van der Waals surface area contributed by atoms with Gasteiger partial charge in [-0.3, -0.25) is 4.79 Å². The minimum absolute atomic E-state index is 0.0270. The fraction of sp³-hybridized carbons (Fsp3) is 0.458. The Hall–Kier alpha value is -2.49. The van der Waals surface area contributed by atoms with E-state index in [9.17, 15) is 13.2 Å². The maximum atomic E-state index is 13.1. The van der Waals surface area contributed by atoms with Gasteiger partial charge < -0.3 is 19.1 Å². The third-order valence-corrected chi connectivity index (χ3v) is 8.26. The van der Waals surface area contributed by atoms with Gasteiger partial charge in [-0.15, -0.1) is 0 Å². The van der Waals surface area contributed by atoms with Crippen molar-refractivity contribution < 1.29 is 27.4 Å². The fourth-order valence-corrected chi connectivity index (χ4v) is 5.65. The lowest BCUT2D eigenvalue weighted by molar-refractivity contribution is -0.142. The largest absolute Gasteiger partial charge is 0.494 e. The molecular formula is C24H29ClN2O6S. The number of hydrogen-bond donors (Lipinski definition) is 0. The van der Waals surface area contributed by atoms with Crippen LogP contribution in [0.3, 0.4) is 0 Å². The summed E-state index contributed by atoms with van der Waals surface area (Å²) in [5, 5.41) is 0.655. The summed E-state index contributed by atoms with van der Waals surface area (Å²) in [4.78, 5) is 15.1. The lowest BCUT2D eigenvalue weighted by Crippen LogP contribution is -2.53. The number of carbonyl (C=O) groups is 1. The van der Waals surface area contributed by atoms with Gasteiger partial charge in [-0.25, -0.2) is 8.42 Å². The number of fused-ring (bicyclic) bond motifs is 1. The summed E-state index contributed by atoms with van der Waals surface area (Å²) in [6, 6.07) is 11.8. The lowest BCUT2D eigenvalue weighted by atomic mass is 9.86. The highest BCUT2D eigenvalue weighted by Crippen LogP contribution is 2.35. The van der Waals surface area contributed by atoms with Crippen LogP contribution in [0.1, 0.15) is 26.7 Å². The molecule has 2 aliphatic rings. The van der Waals surface area contributed by atoms with Crippen LogP contribution in [-0.2, 0) is 14.8 Å². The predicted octanol–water partition coefficient (Wildman–Crippen LogP) is 3.79. The highest BCUT2D eigenvalue weighted by molar-refractivity contribution is 7.89. The van der Waals surface area contributed by atoms with Crippen molar-refractivity contribution in [2.24, 2.45) is 5.41 Å². The molecule has 2 heterocycles. The smallest absolute Gasteiger partial charge is 0.243 e. The predicted molar refractivity (Wildman–Crippen MR) is 128 cm³/mol. The van der Waals surface area contributed by atoms with Crippen LogP contribution < -0.4 is 14.2 Å². The van der Waals surface area contributed by atoms with Crippen molar-refractivity contribution in [2.45, 2.75) is 31.6 Å². The summed E-state index contributed by atoms with van der Waals surface area (Å²) >= 11 is 5.88. The van der Waals surface area contributed by atoms with Gasteiger partial charge >= 0.3 is 0 Å². The molecule has 0 spiro atoms. The van der Waals surface area contributed by atoms with Crippen molar-refractivity contribution >= 4 is 27.5 Å². The molecule has 8 nitrogen and oxygen atoms in total. The van der Waals surface area contributed by atoms with E-state index >= 15 is 0 Å². The Bertz CT molecular complexity index is 1130. The molecule has 1 fully saturated rings. The fourth-order valence-electron chi connectivity index (χ4n) is 4.09. The Morgan fingerprint density at radius 2 is 1.71 bits per heavy atom. The number of carbonyl (C=O) groups excluding carboxylic acids is 1. The highest BCUT2D eigenvalue weighted by atomic mass is 35.5. The summed E-state index contributed by atoms with van der Waals surface area (Å²) in [6.07, 6.45) is 1.38. The van der Waals surface area contributed by atoms with Gasteiger partial charge in [0.15, 0.2) is 11.5 Å². The first-order valence-corrected chi connectivity index (χ1v) is 13.1. The standard InChI is InChI=1S/C24H29ClN2O6S/c1-24(2,10-3-15-31-19-6-4-18(25)5-7-19)23(28)26-11-13-27(14-12-26)34(29,30)20-8-9-21-22(16-20)33-17-32-21/h4-9,16H,3,10-15,17H2,1-2H3. The molecule has 184 valence electrons. The molecule has 2 aromatic carbocycles. The number of hydrogen-bond acceptors (Lipinski definition) is 6. The van der Waals surface area contributed by atoms with E-state index in [1.54, 1.807) is 23.1 Å². The molecule has 1 saturated heterocycles. The molecule has 0 saturated carbocycles. The summed E-state index contributed by atoms with van der Waals surface area (Å²) in [7, 11) is -3.68. The highest BCUT2D eigenvalue weighted by Gasteiger charge is 2.36. The first-order chi connectivity index (χ1) is 16.2. The van der Waals surface area contributed by atoms with Crippen LogP contribution in [0.4, 0.5) is 0 Å². The maximum absolute atomic E-state index is 13.1. The average Bonchev–Trinajstić information content (AvgIpc) is 3.30. The molecule has 0 aromatic heterocycles. The summed E-state index contributed by atoms with van der Waals surface area (Å²) in [5.74, 6) is 1.74. The Balaban J connectivity index is 1.27. The van der Waals surface area contributed by atoms with Gasteiger partial charge in [-0.2, -0.15) is 4.31 Å². The Morgan fingerprint density at radius 1 is 1.03 bits per heavy atom. The molecule has 34 heavy (non-hydrogen) atoms. The maximum Gasteiger partial charge on any atom is 0.243 e. The summed E-state index contributed by atoms with van der Waals surface area (Å²) < 4.78 is 43.9. The Morgan fingerprint density at radius 3 is 2.41 bits per heavy atom. The molecule has 0 bridgehead atoms. The van der Waals surface area contributed by atoms with Gasteiger partial charge in [-0.05, 0) is 49.2 Å². The van der Waals surface area contributed by atoms with Gasteiger partial charge in [0, 0.05) is 42.7 Å². The molecule has 0 atom stereocenters. The van der Waals surface area contributed by atoms with E-state index in [-0.39, 0.29) is 30.7 Å². The Labute approximate surface area is 205 Å². The van der Waals surface area contributed by atoms with Crippen LogP contribution >= 0.6 is 11.6 Å². The van der Waals surface area contributed by atoms with E-state index in [0.717, 1.165) is 12.2 Å². The van der Waals surface area contributed by atoms with Crippen molar-refractivity contribution in [2.75, 3.05) is 39.6 Å². The monoisotopic (exact) mass is 508 g/mol. The van der Waals surface area contributed by atoms with Crippen LogP contribution in [0.15, 0.2) is 47.4 Å². The molecule has 4 rings (SSSR count). The van der Waals surface area contributed by atoms with Gasteiger partial charge in [0.25, 0.3) is 0 Å². The topological polar surface area (TPSA) is 85.4 Å². The number of halogens is 1. The van der Waals surface area contributed by atoms with E-state index in [1.807, 2.05) is 26.0 Å². The average molecular weight is 509 g/mol. The Kier molecular flexibility index (Phi) is 7.25. The van der Waals surface area contributed by atoms with Crippen LogP contribution in [0.2, 0.25) is 5.02 Å². The minimum Gasteiger partial charge on any atom is -0.494 e. The van der Waals surface area contributed by atoms with Gasteiger partial charge in [-0.1, -0.05) is 25.4 Å². The van der Waals surface area contributed by atoms with E-state index in [2.05, 4.69) is 0 Å². The number of amides is 1. The van der Waals surface area contributed by atoms with E-state index < -0.39 is 15.4 Å². The normalized spacial score (nSPS) is 16.5. The molecule has 0 N–H and O–H groups in total. The number of piperazine rings is 1. The second-order valence-corrected chi connectivity index (χ2v) is 11.4. The van der Waals surface area contributed by atoms with Gasteiger partial charge in [0.05, 0.1) is 11.5 Å². The third kappa shape index (κ3) is 5.42. The zero-order chi connectivity index (χ0) is 24.3. The summed E-state index contributed by atoms with van der Waals surface area (Å²) in [5.41, 5.74) is -0.568. The van der Waals surface area contributed by atoms with E-state index in [1.165, 1.54) is 16.4 Å². The van der Waals surface area contributed by atoms with Crippen molar-refractivity contribution in [3.8, 4) is 17.2 Å². The van der Waals surface area contributed by atoms with Crippen LogP contribution in [-0.4, -0.2) is 63.1 Å². The minimum atomic E-state index is -3.68. The first kappa shape index (κ1) is 24.6. The van der Waals surface area contributed by atoms with Gasteiger partial charge in [0.1, 0.15) is 5.75 Å². The van der Waals surface area contributed by atoms with Crippen molar-refractivity contribution in [3.05, 3.63) is 47.5 Å². The molecule has 2 aromatic rings. The molecule has 0 radical (unpaired) electrons. The van der Waals surface area contributed by atoms with Crippen LogP contribution in [0.25, 0.3) is 0 Å². The van der Waals surface area contributed by atoms with Crippen LogP contribution in [0.5, 0.6) is 17.2 Å². The second kappa shape index (κ2) is 10.0. The second-order valence-electron chi connectivity index (χ2n) is 9.00. The van der Waals surface area contributed by atoms with E-state index in [4.69, 9.17) is 25.8 Å². The first-order valence-electron chi connectivity index (χ1n) is 11.2. The van der Waals surface area contributed by atoms with Crippen molar-refractivity contribution in [3.63, 3.8) is 0 Å². The molecule has 0 unspecified atom stereocenters. The number of benzene rings is 2. The SMILES string of the molecule is CC(C)(CCCOc1ccc(Cl)cc1)C(=O)N1CCN(S(=O)(=O)c2ccc3c(c2)OCO3)CC1. The van der Waals surface area contributed by atoms with Crippen molar-refractivity contribution in [1.82, 2.24) is 9.21 Å². The zero-order valence-electron chi connectivity index (χ0n) is 19.3. The number of rotatable bonds is 8. The molecule has 0 aliphatic carbocycles. The molecule has 10 heteroatoms. The van der Waals surface area contributed by atoms with Crippen LogP contribution in [0, 0.1) is 5.41 Å². The number of nitrogens with zero attached hydrogens (tertiary/aromatic N) is 2. The van der Waals surface area contributed by atoms with Gasteiger partial charge in [0.2, 0.25) is 22.7 Å². The third-order valence-electron chi connectivity index (χ3n) is 6.12. The lowest BCUT2D eigenvalue weighted by Gasteiger charge is -2.38. The number of sulfonamides is 1. The zero-order valence-corrected chi connectivity index (χ0v) is 20.9. The summed E-state index contributed by atoms with van der Waals surface area (Å²) in [6.45, 7) is 5.64. The number of ether oxygens (including phenoxy) is 3. The molecular weight excluding hydrogens is 480 g/mol. The van der Waals surface area contributed by atoms with E-state index in [0.29, 0.717) is 42.6 Å². The molecule has 2 aliphatic heterocycles. The molecule has 1 amide bonds. The van der Waals surface area contributed by atoms with Crippen molar-refractivity contribution in [1.29, 1.82) is 0 Å².